The van der Waals surface area contributed by atoms with Crippen LogP contribution in [0.3, 0.4) is 0 Å². The zero-order valence-electron chi connectivity index (χ0n) is 10.4. The molecule has 1 aliphatic rings. The summed E-state index contributed by atoms with van der Waals surface area (Å²) in [5.41, 5.74) is 0.921. The molecule has 18 heavy (non-hydrogen) atoms. The molecule has 0 saturated carbocycles. The van der Waals surface area contributed by atoms with Crippen LogP contribution in [0.15, 0.2) is 36.5 Å². The molecule has 0 N–H and O–H groups in total. The monoisotopic (exact) mass is 245 g/mol. The molecule has 1 amide bonds. The molecule has 0 bridgehead atoms. The first-order valence-corrected chi connectivity index (χ1v) is 5.73. The largest absolute Gasteiger partial charge is 0.497 e. The van der Waals surface area contributed by atoms with Gasteiger partial charge in [-0.3, -0.25) is 9.59 Å². The lowest BCUT2D eigenvalue weighted by Gasteiger charge is -2.23. The maximum atomic E-state index is 11.9. The summed E-state index contributed by atoms with van der Waals surface area (Å²) < 4.78 is 5.12. The fraction of sp³-hybridized carbons (Fsp3) is 0.286. The van der Waals surface area contributed by atoms with Crippen molar-refractivity contribution in [2.45, 2.75) is 6.42 Å². The van der Waals surface area contributed by atoms with E-state index in [-0.39, 0.29) is 11.7 Å². The van der Waals surface area contributed by atoms with Crippen molar-refractivity contribution in [2.75, 3.05) is 14.2 Å². The second kappa shape index (κ2) is 5.04. The Hall–Kier alpha value is -2.10. The number of carbonyl (C=O) groups excluding carboxylic acids is 2. The highest BCUT2D eigenvalue weighted by Crippen LogP contribution is 2.20. The molecule has 0 radical (unpaired) electrons. The lowest BCUT2D eigenvalue weighted by atomic mass is 9.92. The zero-order valence-corrected chi connectivity index (χ0v) is 10.4. The Morgan fingerprint density at radius 1 is 1.33 bits per heavy atom. The fourth-order valence-electron chi connectivity index (χ4n) is 1.97. The smallest absolute Gasteiger partial charge is 0.237 e. The minimum absolute atomic E-state index is 0.138. The molecule has 1 aromatic rings. The summed E-state index contributed by atoms with van der Waals surface area (Å²) in [6.45, 7) is 0. The van der Waals surface area contributed by atoms with E-state index < -0.39 is 5.92 Å². The van der Waals surface area contributed by atoms with Crippen LogP contribution in [-0.2, 0) is 16.0 Å². The molecule has 1 heterocycles. The van der Waals surface area contributed by atoms with Gasteiger partial charge in [0.1, 0.15) is 11.7 Å². The molecule has 0 saturated heterocycles. The van der Waals surface area contributed by atoms with Gasteiger partial charge in [0.05, 0.1) is 7.11 Å². The van der Waals surface area contributed by atoms with Crippen LogP contribution < -0.4 is 4.74 Å². The average Bonchev–Trinajstić information content (AvgIpc) is 2.39. The highest BCUT2D eigenvalue weighted by molar-refractivity contribution is 6.09. The van der Waals surface area contributed by atoms with Gasteiger partial charge in [0.2, 0.25) is 5.91 Å². The third-order valence-electron chi connectivity index (χ3n) is 3.03. The number of benzene rings is 1. The number of methoxy groups -OCH3 is 1. The van der Waals surface area contributed by atoms with Crippen LogP contribution in [0.1, 0.15) is 5.56 Å². The Labute approximate surface area is 106 Å². The van der Waals surface area contributed by atoms with Gasteiger partial charge in [-0.25, -0.2) is 0 Å². The van der Waals surface area contributed by atoms with Crippen LogP contribution in [0, 0.1) is 5.92 Å². The third kappa shape index (κ3) is 2.42. The van der Waals surface area contributed by atoms with Crippen LogP contribution in [0.4, 0.5) is 0 Å². The Morgan fingerprint density at radius 2 is 2.11 bits per heavy atom. The van der Waals surface area contributed by atoms with Gasteiger partial charge in [-0.15, -0.1) is 0 Å². The predicted octanol–water partition coefficient (Wildman–Crippen LogP) is 1.41. The topological polar surface area (TPSA) is 46.6 Å². The Morgan fingerprint density at radius 3 is 2.83 bits per heavy atom. The van der Waals surface area contributed by atoms with Gasteiger partial charge < -0.3 is 9.64 Å². The van der Waals surface area contributed by atoms with E-state index in [1.165, 1.54) is 17.2 Å². The number of ketones is 1. The summed E-state index contributed by atoms with van der Waals surface area (Å²) in [6, 6.07) is 7.42. The molecule has 1 atom stereocenters. The molecular formula is C14H15NO3. The first kappa shape index (κ1) is 12.4. The van der Waals surface area contributed by atoms with E-state index in [0.717, 1.165) is 11.3 Å². The van der Waals surface area contributed by atoms with E-state index in [9.17, 15) is 9.59 Å². The van der Waals surface area contributed by atoms with Crippen molar-refractivity contribution in [3.05, 3.63) is 42.1 Å². The summed E-state index contributed by atoms with van der Waals surface area (Å²) in [4.78, 5) is 25.1. The van der Waals surface area contributed by atoms with E-state index in [0.29, 0.717) is 6.42 Å². The van der Waals surface area contributed by atoms with Crippen molar-refractivity contribution in [3.8, 4) is 5.75 Å². The third-order valence-corrected chi connectivity index (χ3v) is 3.03. The molecule has 2 rings (SSSR count). The van der Waals surface area contributed by atoms with Gasteiger partial charge in [0.25, 0.3) is 0 Å². The zero-order chi connectivity index (χ0) is 13.1. The van der Waals surface area contributed by atoms with Crippen molar-refractivity contribution in [2.24, 2.45) is 5.92 Å². The first-order chi connectivity index (χ1) is 8.61. The number of carbonyl (C=O) groups is 2. The number of hydrogen-bond donors (Lipinski definition) is 0. The minimum Gasteiger partial charge on any atom is -0.497 e. The van der Waals surface area contributed by atoms with Crippen LogP contribution in [0.25, 0.3) is 0 Å². The van der Waals surface area contributed by atoms with Crippen molar-refractivity contribution < 1.29 is 14.3 Å². The molecule has 0 aromatic heterocycles. The molecule has 94 valence electrons. The van der Waals surface area contributed by atoms with Gasteiger partial charge in [0.15, 0.2) is 5.78 Å². The summed E-state index contributed by atoms with van der Waals surface area (Å²) in [7, 11) is 3.25. The molecule has 1 unspecified atom stereocenters. The van der Waals surface area contributed by atoms with Gasteiger partial charge in [-0.1, -0.05) is 12.1 Å². The van der Waals surface area contributed by atoms with Gasteiger partial charge in [-0.05, 0) is 30.2 Å². The number of allylic oxidation sites excluding steroid dienone is 1. The van der Waals surface area contributed by atoms with Crippen LogP contribution in [0.5, 0.6) is 5.75 Å². The molecule has 0 fully saturated rings. The van der Waals surface area contributed by atoms with Crippen molar-refractivity contribution in [1.82, 2.24) is 4.90 Å². The second-order valence-corrected chi connectivity index (χ2v) is 4.28. The van der Waals surface area contributed by atoms with Gasteiger partial charge in [0, 0.05) is 13.2 Å². The lowest BCUT2D eigenvalue weighted by Crippen LogP contribution is -2.38. The highest BCUT2D eigenvalue weighted by Gasteiger charge is 2.30. The Kier molecular flexibility index (Phi) is 3.46. The molecule has 1 aliphatic heterocycles. The lowest BCUT2D eigenvalue weighted by molar-refractivity contribution is -0.138. The summed E-state index contributed by atoms with van der Waals surface area (Å²) in [6.07, 6.45) is 3.36. The van der Waals surface area contributed by atoms with E-state index in [2.05, 4.69) is 0 Å². The molecule has 0 spiro atoms. The Bertz CT molecular complexity index is 508. The standard InChI is InChI=1S/C14H15NO3/c1-15-7-6-13(16)12(14(15)17)9-10-4-3-5-11(8-10)18-2/h3-8,12H,9H2,1-2H3. The van der Waals surface area contributed by atoms with E-state index in [1.54, 1.807) is 14.2 Å². The predicted molar refractivity (Wildman–Crippen MR) is 67.1 cm³/mol. The SMILES string of the molecule is COc1cccc(CC2C(=O)C=CN(C)C2=O)c1. The normalized spacial score (nSPS) is 19.2. The molecule has 4 nitrogen and oxygen atoms in total. The highest BCUT2D eigenvalue weighted by atomic mass is 16.5. The maximum absolute atomic E-state index is 11.9. The van der Waals surface area contributed by atoms with E-state index in [4.69, 9.17) is 4.74 Å². The van der Waals surface area contributed by atoms with Crippen LogP contribution in [0.2, 0.25) is 0 Å². The van der Waals surface area contributed by atoms with Crippen molar-refractivity contribution >= 4 is 11.7 Å². The molecular weight excluding hydrogens is 230 g/mol. The van der Waals surface area contributed by atoms with Gasteiger partial charge in [-0.2, -0.15) is 0 Å². The summed E-state index contributed by atoms with van der Waals surface area (Å²) in [5.74, 6) is -0.189. The van der Waals surface area contributed by atoms with E-state index >= 15 is 0 Å². The van der Waals surface area contributed by atoms with Crippen LogP contribution in [-0.4, -0.2) is 30.7 Å². The number of hydrogen-bond acceptors (Lipinski definition) is 3. The van der Waals surface area contributed by atoms with Gasteiger partial charge >= 0.3 is 0 Å². The molecule has 1 aromatic carbocycles. The maximum Gasteiger partial charge on any atom is 0.237 e. The minimum atomic E-state index is -0.618. The quantitative estimate of drug-likeness (QED) is 0.756. The molecule has 0 aliphatic carbocycles. The number of ether oxygens (including phenoxy) is 1. The van der Waals surface area contributed by atoms with Crippen LogP contribution >= 0.6 is 0 Å². The summed E-state index contributed by atoms with van der Waals surface area (Å²) in [5, 5.41) is 0. The Balaban J connectivity index is 2.20. The first-order valence-electron chi connectivity index (χ1n) is 5.73. The number of rotatable bonds is 3. The summed E-state index contributed by atoms with van der Waals surface area (Å²) >= 11 is 0. The van der Waals surface area contributed by atoms with E-state index in [1.807, 2.05) is 24.3 Å². The molecule has 4 heteroatoms. The van der Waals surface area contributed by atoms with Crippen molar-refractivity contribution in [3.63, 3.8) is 0 Å². The fourth-order valence-corrected chi connectivity index (χ4v) is 1.97. The average molecular weight is 245 g/mol. The number of nitrogens with zero attached hydrogens (tertiary/aromatic N) is 1. The van der Waals surface area contributed by atoms with Crippen molar-refractivity contribution in [1.29, 1.82) is 0 Å². The number of amides is 1. The second-order valence-electron chi connectivity index (χ2n) is 4.28.